The van der Waals surface area contributed by atoms with Crippen LogP contribution in [-0.2, 0) is 0 Å². The van der Waals surface area contributed by atoms with Crippen molar-refractivity contribution in [3.05, 3.63) is 35.9 Å². The number of rotatable bonds is 10. The van der Waals surface area contributed by atoms with Crippen LogP contribution < -0.4 is 4.74 Å². The molecule has 1 aromatic carbocycles. The number of aromatic nitrogens is 4. The van der Waals surface area contributed by atoms with Gasteiger partial charge in [-0.25, -0.2) is 15.0 Å². The van der Waals surface area contributed by atoms with E-state index in [2.05, 4.69) is 19.9 Å². The molecule has 3 aromatic rings. The van der Waals surface area contributed by atoms with E-state index in [0.29, 0.717) is 35.6 Å². The Morgan fingerprint density at radius 2 is 2.07 bits per heavy atom. The zero-order valence-electron chi connectivity index (χ0n) is 16.9. The maximum Gasteiger partial charge on any atom is 0.181 e. The highest BCUT2D eigenvalue weighted by atomic mass is 32.2. The van der Waals surface area contributed by atoms with Gasteiger partial charge in [0.1, 0.15) is 28.4 Å². The second-order valence-corrected chi connectivity index (χ2v) is 8.37. The zero-order chi connectivity index (χ0) is 20.8. The van der Waals surface area contributed by atoms with Gasteiger partial charge in [0.15, 0.2) is 11.4 Å². The van der Waals surface area contributed by atoms with Crippen LogP contribution in [0.4, 0.5) is 0 Å². The molecular formula is C21H26N4O3S. The van der Waals surface area contributed by atoms with Crippen LogP contribution in [0.5, 0.6) is 11.5 Å². The predicted molar refractivity (Wildman–Crippen MR) is 114 cm³/mol. The number of thioether (sulfide) groups is 1. The lowest BCUT2D eigenvalue weighted by Gasteiger charge is -2.13. The van der Waals surface area contributed by atoms with Crippen LogP contribution in [0.3, 0.4) is 0 Å². The van der Waals surface area contributed by atoms with Crippen molar-refractivity contribution in [1.82, 2.24) is 19.9 Å². The molecule has 0 unspecified atom stereocenters. The first kappa shape index (κ1) is 21.1. The number of aromatic amines is 1. The summed E-state index contributed by atoms with van der Waals surface area (Å²) in [5.41, 5.74) is 2.52. The molecule has 0 saturated carbocycles. The summed E-state index contributed by atoms with van der Waals surface area (Å²) in [6, 6.07) is 3.43. The van der Waals surface area contributed by atoms with E-state index in [0.717, 1.165) is 29.1 Å². The molecule has 0 amide bonds. The third-order valence-corrected chi connectivity index (χ3v) is 5.57. The highest BCUT2D eigenvalue weighted by Gasteiger charge is 2.17. The summed E-state index contributed by atoms with van der Waals surface area (Å²) in [4.78, 5) is 27.8. The minimum Gasteiger partial charge on any atom is -0.507 e. The van der Waals surface area contributed by atoms with E-state index in [1.807, 2.05) is 13.8 Å². The number of aromatic hydroxyl groups is 1. The third kappa shape index (κ3) is 5.26. The molecule has 29 heavy (non-hydrogen) atoms. The van der Waals surface area contributed by atoms with Crippen molar-refractivity contribution in [3.8, 4) is 11.5 Å². The summed E-state index contributed by atoms with van der Waals surface area (Å²) >= 11 is 1.66. The molecule has 0 spiro atoms. The first-order chi connectivity index (χ1) is 14.0. The van der Waals surface area contributed by atoms with Gasteiger partial charge in [0.05, 0.1) is 18.5 Å². The molecule has 154 valence electrons. The van der Waals surface area contributed by atoms with Gasteiger partial charge >= 0.3 is 0 Å². The Labute approximate surface area is 174 Å². The Morgan fingerprint density at radius 1 is 1.24 bits per heavy atom. The second-order valence-electron chi connectivity index (χ2n) is 7.29. The Balaban J connectivity index is 1.46. The summed E-state index contributed by atoms with van der Waals surface area (Å²) in [6.07, 6.45) is 5.40. The van der Waals surface area contributed by atoms with E-state index in [4.69, 9.17) is 4.74 Å². The lowest BCUT2D eigenvalue weighted by Crippen LogP contribution is -2.06. The highest BCUT2D eigenvalue weighted by Crippen LogP contribution is 2.32. The van der Waals surface area contributed by atoms with Crippen LogP contribution in [0, 0.1) is 12.8 Å². The summed E-state index contributed by atoms with van der Waals surface area (Å²) in [6.45, 7) is 6.29. The number of unbranched alkanes of at least 4 members (excludes halogenated alkanes) is 1. The lowest BCUT2D eigenvalue weighted by molar-refractivity contribution is 0.0965. The summed E-state index contributed by atoms with van der Waals surface area (Å²) < 4.78 is 5.82. The topological polar surface area (TPSA) is 101 Å². The summed E-state index contributed by atoms with van der Waals surface area (Å²) in [5, 5.41) is 11.3. The SMILES string of the molecule is Cc1c(OCCCCSc2ncnc3nc[nH]c23)ccc(C(=O)CC(C)C)c1O. The Bertz CT molecular complexity index is 987. The van der Waals surface area contributed by atoms with Gasteiger partial charge in [-0.15, -0.1) is 11.8 Å². The maximum absolute atomic E-state index is 12.2. The number of fused-ring (bicyclic) bond motifs is 1. The molecule has 0 atom stereocenters. The molecule has 0 saturated heterocycles. The molecule has 7 nitrogen and oxygen atoms in total. The number of hydrogen-bond donors (Lipinski definition) is 2. The number of ether oxygens (including phenoxy) is 1. The minimum absolute atomic E-state index is 0.0241. The fraction of sp³-hybridized carbons (Fsp3) is 0.429. The fourth-order valence-electron chi connectivity index (χ4n) is 2.95. The molecule has 2 heterocycles. The van der Waals surface area contributed by atoms with Gasteiger partial charge in [0.2, 0.25) is 0 Å². The molecule has 0 aliphatic rings. The van der Waals surface area contributed by atoms with E-state index >= 15 is 0 Å². The number of benzene rings is 1. The van der Waals surface area contributed by atoms with Crippen LogP contribution in [0.2, 0.25) is 0 Å². The molecule has 8 heteroatoms. The number of carbonyl (C=O) groups is 1. The number of nitrogens with one attached hydrogen (secondary N) is 1. The van der Waals surface area contributed by atoms with E-state index in [1.165, 1.54) is 6.33 Å². The van der Waals surface area contributed by atoms with E-state index in [-0.39, 0.29) is 17.5 Å². The molecule has 0 bridgehead atoms. The van der Waals surface area contributed by atoms with Gasteiger partial charge in [0.25, 0.3) is 0 Å². The van der Waals surface area contributed by atoms with Crippen LogP contribution in [0.25, 0.3) is 11.2 Å². The molecular weight excluding hydrogens is 388 g/mol. The van der Waals surface area contributed by atoms with Crippen molar-refractivity contribution < 1.29 is 14.6 Å². The second kappa shape index (κ2) is 9.73. The Kier molecular flexibility index (Phi) is 7.09. The van der Waals surface area contributed by atoms with Crippen LogP contribution >= 0.6 is 11.8 Å². The first-order valence-electron chi connectivity index (χ1n) is 9.72. The Hall–Kier alpha value is -2.61. The van der Waals surface area contributed by atoms with Crippen molar-refractivity contribution in [2.75, 3.05) is 12.4 Å². The van der Waals surface area contributed by atoms with Gasteiger partial charge in [-0.3, -0.25) is 4.79 Å². The van der Waals surface area contributed by atoms with Crippen molar-refractivity contribution in [1.29, 1.82) is 0 Å². The van der Waals surface area contributed by atoms with E-state index in [9.17, 15) is 9.90 Å². The number of nitrogens with zero attached hydrogens (tertiary/aromatic N) is 3. The number of H-pyrrole nitrogens is 1. The zero-order valence-corrected chi connectivity index (χ0v) is 17.8. The monoisotopic (exact) mass is 414 g/mol. The van der Waals surface area contributed by atoms with Gasteiger partial charge < -0.3 is 14.8 Å². The quantitative estimate of drug-likeness (QED) is 0.217. The number of phenolic OH excluding ortho intramolecular Hbond substituents is 1. The van der Waals surface area contributed by atoms with Crippen LogP contribution in [0.15, 0.2) is 29.8 Å². The largest absolute Gasteiger partial charge is 0.507 e. The average molecular weight is 415 g/mol. The molecule has 2 aromatic heterocycles. The molecule has 0 aliphatic carbocycles. The molecule has 3 rings (SSSR count). The number of imidazole rings is 1. The summed E-state index contributed by atoms with van der Waals surface area (Å²) in [5.74, 6) is 1.76. The maximum atomic E-state index is 12.2. The number of hydrogen-bond acceptors (Lipinski definition) is 7. The minimum atomic E-state index is -0.0414. The van der Waals surface area contributed by atoms with Crippen molar-refractivity contribution in [3.63, 3.8) is 0 Å². The van der Waals surface area contributed by atoms with Crippen molar-refractivity contribution >= 4 is 28.7 Å². The van der Waals surface area contributed by atoms with Gasteiger partial charge in [0, 0.05) is 12.0 Å². The van der Waals surface area contributed by atoms with Crippen LogP contribution in [-0.4, -0.2) is 43.2 Å². The molecule has 0 radical (unpaired) electrons. The number of ketones is 1. The van der Waals surface area contributed by atoms with E-state index in [1.54, 1.807) is 37.1 Å². The predicted octanol–water partition coefficient (Wildman–Crippen LogP) is 4.55. The first-order valence-corrected chi connectivity index (χ1v) is 10.7. The normalized spacial score (nSPS) is 11.3. The average Bonchev–Trinajstić information content (AvgIpc) is 3.16. The fourth-order valence-corrected chi connectivity index (χ4v) is 3.91. The molecule has 0 aliphatic heterocycles. The summed E-state index contributed by atoms with van der Waals surface area (Å²) in [7, 11) is 0. The highest BCUT2D eigenvalue weighted by molar-refractivity contribution is 7.99. The molecule has 2 N–H and O–H groups in total. The number of carbonyl (C=O) groups excluding carboxylic acids is 1. The lowest BCUT2D eigenvalue weighted by atomic mass is 9.98. The standard InChI is InChI=1S/C21H26N4O3S/c1-13(2)10-16(26)15-6-7-17(14(3)19(15)27)28-8-4-5-9-29-21-18-20(23-11-22-18)24-12-25-21/h6-7,11-13,27H,4-5,8-10H2,1-3H3,(H,22,23,24,25). The van der Waals surface area contributed by atoms with E-state index < -0.39 is 0 Å². The number of phenols is 1. The third-order valence-electron chi connectivity index (χ3n) is 4.50. The molecule has 0 fully saturated rings. The smallest absolute Gasteiger partial charge is 0.181 e. The number of Topliss-reactive ketones (excluding diaryl/α,β-unsaturated/α-hetero) is 1. The Morgan fingerprint density at radius 3 is 2.86 bits per heavy atom. The van der Waals surface area contributed by atoms with Gasteiger partial charge in [-0.2, -0.15) is 0 Å². The van der Waals surface area contributed by atoms with Crippen molar-refractivity contribution in [2.24, 2.45) is 5.92 Å². The van der Waals surface area contributed by atoms with Gasteiger partial charge in [-0.1, -0.05) is 13.8 Å². The van der Waals surface area contributed by atoms with Gasteiger partial charge in [-0.05, 0) is 43.6 Å². The van der Waals surface area contributed by atoms with Crippen LogP contribution in [0.1, 0.15) is 49.0 Å². The van der Waals surface area contributed by atoms with Crippen molar-refractivity contribution in [2.45, 2.75) is 45.1 Å².